The molecular formula is C27H24F4. The Morgan fingerprint density at radius 1 is 0.581 bits per heavy atom. The van der Waals surface area contributed by atoms with E-state index in [-0.39, 0.29) is 11.2 Å². The summed E-state index contributed by atoms with van der Waals surface area (Å²) in [6, 6.07) is 13.0. The molecule has 0 spiro atoms. The zero-order chi connectivity index (χ0) is 22.0. The van der Waals surface area contributed by atoms with Crippen molar-refractivity contribution in [2.45, 2.75) is 45.4 Å². The molecule has 0 saturated heterocycles. The molecule has 0 nitrogen and oxygen atoms in total. The first-order chi connectivity index (χ1) is 15.0. The van der Waals surface area contributed by atoms with Crippen LogP contribution in [-0.2, 0) is 6.42 Å². The van der Waals surface area contributed by atoms with Crippen LogP contribution in [0.5, 0.6) is 0 Å². The zero-order valence-electron chi connectivity index (χ0n) is 17.5. The van der Waals surface area contributed by atoms with E-state index in [9.17, 15) is 13.2 Å². The molecule has 0 fully saturated rings. The van der Waals surface area contributed by atoms with Gasteiger partial charge in [0.2, 0.25) is 0 Å². The summed E-state index contributed by atoms with van der Waals surface area (Å²) in [4.78, 5) is 0. The van der Waals surface area contributed by atoms with E-state index in [1.165, 1.54) is 24.6 Å². The number of hydrogen-bond acceptors (Lipinski definition) is 0. The predicted octanol–water partition coefficient (Wildman–Crippen LogP) is 8.73. The van der Waals surface area contributed by atoms with Gasteiger partial charge in [-0.15, -0.1) is 0 Å². The average molecular weight is 424 g/mol. The molecule has 160 valence electrons. The van der Waals surface area contributed by atoms with E-state index >= 15 is 4.39 Å². The molecule has 4 aromatic carbocycles. The lowest BCUT2D eigenvalue weighted by molar-refractivity contribution is 0.584. The Hall–Kier alpha value is -2.88. The fraction of sp³-hybridized carbons (Fsp3) is 0.259. The van der Waals surface area contributed by atoms with Gasteiger partial charge in [-0.25, -0.2) is 17.6 Å². The first-order valence-electron chi connectivity index (χ1n) is 10.8. The van der Waals surface area contributed by atoms with Gasteiger partial charge in [0.1, 0.15) is 23.3 Å². The van der Waals surface area contributed by atoms with Gasteiger partial charge in [0.05, 0.1) is 0 Å². The summed E-state index contributed by atoms with van der Waals surface area (Å²) >= 11 is 0. The molecule has 0 atom stereocenters. The first-order valence-corrected chi connectivity index (χ1v) is 10.8. The fourth-order valence-corrected chi connectivity index (χ4v) is 4.21. The number of halogens is 4. The van der Waals surface area contributed by atoms with E-state index in [0.29, 0.717) is 39.3 Å². The second kappa shape index (κ2) is 9.09. The van der Waals surface area contributed by atoms with Gasteiger partial charge in [-0.05, 0) is 64.6 Å². The van der Waals surface area contributed by atoms with Crippen LogP contribution in [0.4, 0.5) is 17.6 Å². The van der Waals surface area contributed by atoms with E-state index < -0.39 is 17.5 Å². The fourth-order valence-electron chi connectivity index (χ4n) is 4.21. The summed E-state index contributed by atoms with van der Waals surface area (Å²) in [6.07, 6.45) is 6.08. The van der Waals surface area contributed by atoms with E-state index in [0.717, 1.165) is 31.7 Å². The number of fused-ring (bicyclic) bond motifs is 3. The maximum atomic E-state index is 15.1. The smallest absolute Gasteiger partial charge is 0.134 e. The highest BCUT2D eigenvalue weighted by Gasteiger charge is 2.14. The second-order valence-corrected chi connectivity index (χ2v) is 8.07. The molecule has 0 aliphatic carbocycles. The molecule has 0 aliphatic heterocycles. The van der Waals surface area contributed by atoms with Crippen molar-refractivity contribution in [1.82, 2.24) is 0 Å². The number of aryl methyl sites for hydroxylation is 1. The van der Waals surface area contributed by atoms with Gasteiger partial charge in [0.15, 0.2) is 0 Å². The van der Waals surface area contributed by atoms with Crippen LogP contribution in [0.2, 0.25) is 0 Å². The first kappa shape index (κ1) is 21.4. The standard InChI is InChI=1S/C27H24F4/c1-2-3-4-5-6-7-17-8-10-23-22-11-9-18(19-12-20(28)15-21(29)13-19)14-24(22)26(30)16-25(23)27(17)31/h8-16H,2-7H2,1H3. The number of hydrogen-bond donors (Lipinski definition) is 0. The van der Waals surface area contributed by atoms with Crippen molar-refractivity contribution in [2.75, 3.05) is 0 Å². The Kier molecular flexibility index (Phi) is 6.26. The third kappa shape index (κ3) is 4.43. The van der Waals surface area contributed by atoms with E-state index in [1.54, 1.807) is 24.3 Å². The van der Waals surface area contributed by atoms with Crippen LogP contribution in [0.1, 0.15) is 44.6 Å². The Morgan fingerprint density at radius 3 is 2.00 bits per heavy atom. The predicted molar refractivity (Wildman–Crippen MR) is 119 cm³/mol. The highest BCUT2D eigenvalue weighted by Crippen LogP contribution is 2.34. The van der Waals surface area contributed by atoms with Crippen LogP contribution in [0.15, 0.2) is 54.6 Å². The Bertz CT molecular complexity index is 1220. The van der Waals surface area contributed by atoms with Gasteiger partial charge < -0.3 is 0 Å². The number of rotatable bonds is 7. The van der Waals surface area contributed by atoms with E-state index in [4.69, 9.17) is 0 Å². The largest absolute Gasteiger partial charge is 0.207 e. The SMILES string of the molecule is CCCCCCCc1ccc2c(cc(F)c3cc(-c4cc(F)cc(F)c4)ccc32)c1F. The van der Waals surface area contributed by atoms with Crippen molar-refractivity contribution in [3.63, 3.8) is 0 Å². The Labute approximate surface area is 179 Å². The number of benzene rings is 4. The molecule has 4 heteroatoms. The molecule has 0 aromatic heterocycles. The average Bonchev–Trinajstić information content (AvgIpc) is 2.75. The molecule has 0 radical (unpaired) electrons. The summed E-state index contributed by atoms with van der Waals surface area (Å²) in [5, 5.41) is 1.76. The van der Waals surface area contributed by atoms with Crippen LogP contribution in [0, 0.1) is 23.3 Å². The summed E-state index contributed by atoms with van der Waals surface area (Å²) in [7, 11) is 0. The highest BCUT2D eigenvalue weighted by molar-refractivity contribution is 6.09. The monoisotopic (exact) mass is 424 g/mol. The van der Waals surface area contributed by atoms with Crippen molar-refractivity contribution >= 4 is 21.5 Å². The molecule has 0 amide bonds. The lowest BCUT2D eigenvalue weighted by Gasteiger charge is -2.12. The molecule has 4 aromatic rings. The maximum Gasteiger partial charge on any atom is 0.134 e. The minimum atomic E-state index is -0.696. The maximum absolute atomic E-state index is 15.1. The summed E-state index contributed by atoms with van der Waals surface area (Å²) in [5.41, 5.74) is 1.42. The zero-order valence-corrected chi connectivity index (χ0v) is 17.5. The van der Waals surface area contributed by atoms with Gasteiger partial charge >= 0.3 is 0 Å². The van der Waals surface area contributed by atoms with Crippen LogP contribution in [0.25, 0.3) is 32.7 Å². The minimum absolute atomic E-state index is 0.264. The van der Waals surface area contributed by atoms with Gasteiger partial charge in [-0.3, -0.25) is 0 Å². The molecule has 0 bridgehead atoms. The molecule has 0 unspecified atom stereocenters. The van der Waals surface area contributed by atoms with Crippen LogP contribution >= 0.6 is 0 Å². The second-order valence-electron chi connectivity index (χ2n) is 8.07. The molecular weight excluding hydrogens is 400 g/mol. The van der Waals surface area contributed by atoms with Crippen LogP contribution < -0.4 is 0 Å². The third-order valence-corrected chi connectivity index (χ3v) is 5.84. The minimum Gasteiger partial charge on any atom is -0.207 e. The topological polar surface area (TPSA) is 0 Å². The Morgan fingerprint density at radius 2 is 1.26 bits per heavy atom. The van der Waals surface area contributed by atoms with Crippen molar-refractivity contribution < 1.29 is 17.6 Å². The van der Waals surface area contributed by atoms with Crippen molar-refractivity contribution in [3.05, 3.63) is 83.4 Å². The lowest BCUT2D eigenvalue weighted by Crippen LogP contribution is -1.95. The van der Waals surface area contributed by atoms with Crippen molar-refractivity contribution in [3.8, 4) is 11.1 Å². The van der Waals surface area contributed by atoms with Crippen LogP contribution in [-0.4, -0.2) is 0 Å². The van der Waals surface area contributed by atoms with Gasteiger partial charge in [-0.1, -0.05) is 56.9 Å². The number of unbranched alkanes of at least 4 members (excludes halogenated alkanes) is 4. The summed E-state index contributed by atoms with van der Waals surface area (Å²) < 4.78 is 57.3. The third-order valence-electron chi connectivity index (χ3n) is 5.84. The van der Waals surface area contributed by atoms with E-state index in [1.807, 2.05) is 6.07 Å². The van der Waals surface area contributed by atoms with Gasteiger partial charge in [-0.2, -0.15) is 0 Å². The molecule has 31 heavy (non-hydrogen) atoms. The molecule has 0 saturated carbocycles. The van der Waals surface area contributed by atoms with Gasteiger partial charge in [0.25, 0.3) is 0 Å². The molecule has 0 aliphatic rings. The molecule has 0 heterocycles. The summed E-state index contributed by atoms with van der Waals surface area (Å²) in [6.45, 7) is 2.15. The normalized spacial score (nSPS) is 11.5. The van der Waals surface area contributed by atoms with E-state index in [2.05, 4.69) is 6.92 Å². The van der Waals surface area contributed by atoms with Crippen molar-refractivity contribution in [2.24, 2.45) is 0 Å². The van der Waals surface area contributed by atoms with Gasteiger partial charge in [0, 0.05) is 16.8 Å². The van der Waals surface area contributed by atoms with Crippen LogP contribution in [0.3, 0.4) is 0 Å². The molecule has 0 N–H and O–H groups in total. The highest BCUT2D eigenvalue weighted by atomic mass is 19.1. The molecule has 4 rings (SSSR count). The lowest BCUT2D eigenvalue weighted by atomic mass is 9.94. The summed E-state index contributed by atoms with van der Waals surface area (Å²) in [5.74, 6) is -2.32. The quantitative estimate of drug-likeness (QED) is 0.158. The van der Waals surface area contributed by atoms with Crippen molar-refractivity contribution in [1.29, 1.82) is 0 Å². The Balaban J connectivity index is 1.73.